The van der Waals surface area contributed by atoms with E-state index in [9.17, 15) is 18.6 Å². The minimum Gasteiger partial charge on any atom is -0.495 e. The molecule has 2 unspecified atom stereocenters. The number of hydrogen-bond acceptors (Lipinski definition) is 11. The largest absolute Gasteiger partial charge is 0.495 e. The molecule has 0 spiro atoms. The van der Waals surface area contributed by atoms with Gasteiger partial charge in [0.2, 0.25) is 5.95 Å². The molecule has 5 N–H and O–H groups in total. The first-order chi connectivity index (χ1) is 19.7. The first-order valence-electron chi connectivity index (χ1n) is 13.6. The van der Waals surface area contributed by atoms with Crippen LogP contribution in [-0.4, -0.2) is 84.4 Å². The van der Waals surface area contributed by atoms with Crippen LogP contribution in [0.3, 0.4) is 0 Å². The van der Waals surface area contributed by atoms with Crippen molar-refractivity contribution in [2.45, 2.75) is 48.7 Å². The van der Waals surface area contributed by atoms with Crippen LogP contribution in [0.4, 0.5) is 23.1 Å². The number of hydrogen-bond donors (Lipinski definition) is 5. The van der Waals surface area contributed by atoms with Crippen molar-refractivity contribution in [1.82, 2.24) is 20.2 Å². The van der Waals surface area contributed by atoms with Gasteiger partial charge in [-0.1, -0.05) is 23.7 Å². The van der Waals surface area contributed by atoms with Crippen molar-refractivity contribution < 1.29 is 23.4 Å². The number of β-amino-alcohol motifs (C(OH)–C–C–N with tert-alkyl or cyclic N) is 1. The van der Waals surface area contributed by atoms with Crippen molar-refractivity contribution in [1.29, 1.82) is 0 Å². The molecule has 220 valence electrons. The van der Waals surface area contributed by atoms with Crippen molar-refractivity contribution in [3.05, 3.63) is 58.7 Å². The number of aliphatic hydroxyl groups excluding tert-OH is 2. The number of ether oxygens (including phenoxy) is 1. The predicted octanol–water partition coefficient (Wildman–Crippen LogP) is 2.86. The third-order valence-electron chi connectivity index (χ3n) is 7.35. The van der Waals surface area contributed by atoms with E-state index in [1.807, 2.05) is 12.1 Å². The standard InChI is InChI=1S/C28H35ClN6O5S/c1-17(36)16-35-11-8-18-13-22(24(40-2)14-19(18)9-12-35)33-28-31-15-20(29)26(34-28)32-21-5-3-4-6-25(21)41(38,39)27-23(37)7-10-30-27/h3-6,13-15,17,23,27,30,36-37H,7-12,16H2,1-2H3,(H2,31,32,33,34)/t17-,23?,27?/m0/s1. The van der Waals surface area contributed by atoms with E-state index in [1.165, 1.54) is 23.4 Å². The van der Waals surface area contributed by atoms with Gasteiger partial charge in [-0.05, 0) is 68.1 Å². The maximum atomic E-state index is 13.4. The van der Waals surface area contributed by atoms with Crippen LogP contribution in [-0.2, 0) is 22.7 Å². The van der Waals surface area contributed by atoms with E-state index in [4.69, 9.17) is 16.3 Å². The zero-order valence-corrected chi connectivity index (χ0v) is 24.5. The Hall–Kier alpha value is -3.00. The SMILES string of the molecule is COc1cc2c(cc1Nc1ncc(Cl)c(Nc3ccccc3S(=O)(=O)C3NCCC3O)n1)CCN(C[C@H](C)O)CC2. The Morgan fingerprint density at radius 2 is 1.90 bits per heavy atom. The molecule has 11 nitrogen and oxygen atoms in total. The summed E-state index contributed by atoms with van der Waals surface area (Å²) >= 11 is 6.42. The molecular weight excluding hydrogens is 568 g/mol. The summed E-state index contributed by atoms with van der Waals surface area (Å²) < 4.78 is 32.4. The molecule has 3 aromatic rings. The van der Waals surface area contributed by atoms with Crippen LogP contribution >= 0.6 is 11.6 Å². The van der Waals surface area contributed by atoms with Gasteiger partial charge >= 0.3 is 0 Å². The van der Waals surface area contributed by atoms with Crippen LogP contribution in [0.1, 0.15) is 24.5 Å². The molecule has 5 rings (SSSR count). The molecule has 1 fully saturated rings. The summed E-state index contributed by atoms with van der Waals surface area (Å²) in [5.74, 6) is 1.10. The van der Waals surface area contributed by atoms with Crippen molar-refractivity contribution in [2.75, 3.05) is 43.9 Å². The first kappa shape index (κ1) is 29.5. The molecule has 0 radical (unpaired) electrons. The number of benzene rings is 2. The van der Waals surface area contributed by atoms with Gasteiger partial charge in [0.05, 0.1) is 41.8 Å². The molecule has 0 bridgehead atoms. The van der Waals surface area contributed by atoms with Gasteiger partial charge in [0.25, 0.3) is 0 Å². The number of aromatic nitrogens is 2. The molecule has 1 saturated heterocycles. The van der Waals surface area contributed by atoms with Crippen molar-refractivity contribution >= 4 is 44.6 Å². The van der Waals surface area contributed by atoms with Gasteiger partial charge in [0.1, 0.15) is 16.1 Å². The quantitative estimate of drug-likeness (QED) is 0.246. The van der Waals surface area contributed by atoms with Crippen LogP contribution in [0.15, 0.2) is 47.5 Å². The summed E-state index contributed by atoms with van der Waals surface area (Å²) in [6, 6.07) is 10.5. The number of aliphatic hydroxyl groups is 2. The summed E-state index contributed by atoms with van der Waals surface area (Å²) in [6.45, 7) is 4.54. The Labute approximate surface area is 244 Å². The molecule has 13 heteroatoms. The van der Waals surface area contributed by atoms with Crippen LogP contribution < -0.4 is 20.7 Å². The lowest BCUT2D eigenvalue weighted by Crippen LogP contribution is -2.38. The highest BCUT2D eigenvalue weighted by Gasteiger charge is 2.38. The van der Waals surface area contributed by atoms with Crippen LogP contribution in [0.25, 0.3) is 0 Å². The average molecular weight is 603 g/mol. The lowest BCUT2D eigenvalue weighted by atomic mass is 10.0. The van der Waals surface area contributed by atoms with Gasteiger partial charge in [0.15, 0.2) is 15.7 Å². The highest BCUT2D eigenvalue weighted by molar-refractivity contribution is 7.92. The average Bonchev–Trinajstić information content (AvgIpc) is 3.30. The van der Waals surface area contributed by atoms with E-state index in [1.54, 1.807) is 32.2 Å². The minimum absolute atomic E-state index is 0.0275. The number of sulfone groups is 1. The van der Waals surface area contributed by atoms with Gasteiger partial charge < -0.3 is 30.5 Å². The third-order valence-corrected chi connectivity index (χ3v) is 9.74. The summed E-state index contributed by atoms with van der Waals surface area (Å²) in [6.07, 6.45) is 2.08. The molecule has 1 aromatic heterocycles. The maximum absolute atomic E-state index is 13.4. The van der Waals surface area contributed by atoms with E-state index in [2.05, 4.69) is 30.8 Å². The number of methoxy groups -OCH3 is 1. The van der Waals surface area contributed by atoms with Gasteiger partial charge in [-0.3, -0.25) is 5.32 Å². The summed E-state index contributed by atoms with van der Waals surface area (Å²) in [5, 5.41) is 28.3. The Bertz CT molecular complexity index is 1510. The Morgan fingerprint density at radius 1 is 1.17 bits per heavy atom. The predicted molar refractivity (Wildman–Crippen MR) is 158 cm³/mol. The van der Waals surface area contributed by atoms with Gasteiger partial charge in [0, 0.05) is 19.6 Å². The van der Waals surface area contributed by atoms with Crippen LogP contribution in [0, 0.1) is 0 Å². The van der Waals surface area contributed by atoms with Gasteiger partial charge in [-0.25, -0.2) is 13.4 Å². The van der Waals surface area contributed by atoms with Crippen LogP contribution in [0.2, 0.25) is 5.02 Å². The molecule has 2 aliphatic rings. The Morgan fingerprint density at radius 3 is 2.59 bits per heavy atom. The lowest BCUT2D eigenvalue weighted by molar-refractivity contribution is 0.129. The van der Waals surface area contributed by atoms with Gasteiger partial charge in [-0.2, -0.15) is 4.98 Å². The molecule has 0 amide bonds. The molecule has 3 heterocycles. The monoisotopic (exact) mass is 602 g/mol. The molecule has 2 aliphatic heterocycles. The Kier molecular flexibility index (Phi) is 8.97. The van der Waals surface area contributed by atoms with E-state index in [0.29, 0.717) is 30.9 Å². The number of anilines is 4. The molecular formula is C28H35ClN6O5S. The molecule has 3 atom stereocenters. The van der Waals surface area contributed by atoms with E-state index < -0.39 is 21.3 Å². The normalized spacial score (nSPS) is 20.2. The number of fused-ring (bicyclic) bond motifs is 1. The van der Waals surface area contributed by atoms with Gasteiger partial charge in [-0.15, -0.1) is 0 Å². The zero-order valence-electron chi connectivity index (χ0n) is 23.0. The van der Waals surface area contributed by atoms with Crippen molar-refractivity contribution in [3.63, 3.8) is 0 Å². The molecule has 2 aromatic carbocycles. The zero-order chi connectivity index (χ0) is 29.1. The smallest absolute Gasteiger partial charge is 0.229 e. The Balaban J connectivity index is 1.40. The lowest BCUT2D eigenvalue weighted by Gasteiger charge is -2.20. The molecule has 0 saturated carbocycles. The fraction of sp³-hybridized carbons (Fsp3) is 0.429. The van der Waals surface area contributed by atoms with E-state index >= 15 is 0 Å². The second kappa shape index (κ2) is 12.5. The highest BCUT2D eigenvalue weighted by Crippen LogP contribution is 2.34. The number of para-hydroxylation sites is 1. The second-order valence-corrected chi connectivity index (χ2v) is 12.8. The number of nitrogens with one attached hydrogen (secondary N) is 3. The fourth-order valence-corrected chi connectivity index (χ4v) is 7.31. The third kappa shape index (κ3) is 6.58. The number of halogens is 1. The topological polar surface area (TPSA) is 149 Å². The number of rotatable bonds is 9. The highest BCUT2D eigenvalue weighted by atomic mass is 35.5. The van der Waals surface area contributed by atoms with Crippen molar-refractivity contribution in [2.24, 2.45) is 0 Å². The van der Waals surface area contributed by atoms with Crippen molar-refractivity contribution in [3.8, 4) is 5.75 Å². The maximum Gasteiger partial charge on any atom is 0.229 e. The fourth-order valence-electron chi connectivity index (χ4n) is 5.32. The molecule has 41 heavy (non-hydrogen) atoms. The number of nitrogens with zero attached hydrogens (tertiary/aromatic N) is 3. The summed E-state index contributed by atoms with van der Waals surface area (Å²) in [7, 11) is -2.30. The summed E-state index contributed by atoms with van der Waals surface area (Å²) in [5.41, 5.74) is 3.34. The first-order valence-corrected chi connectivity index (χ1v) is 15.5. The summed E-state index contributed by atoms with van der Waals surface area (Å²) in [4.78, 5) is 11.1. The second-order valence-electron chi connectivity index (χ2n) is 10.4. The van der Waals surface area contributed by atoms with Crippen LogP contribution in [0.5, 0.6) is 5.75 Å². The minimum atomic E-state index is -3.90. The van der Waals surface area contributed by atoms with E-state index in [-0.39, 0.29) is 33.5 Å². The van der Waals surface area contributed by atoms with E-state index in [0.717, 1.165) is 25.9 Å². The molecule has 0 aliphatic carbocycles.